The number of hydrogen-bond donors (Lipinski definition) is 1. The normalized spacial score (nSPS) is 16.3. The van der Waals surface area contributed by atoms with Crippen LogP contribution in [0, 0.1) is 5.92 Å². The molecule has 27 heavy (non-hydrogen) atoms. The van der Waals surface area contributed by atoms with Crippen molar-refractivity contribution in [3.63, 3.8) is 0 Å². The molecular weight excluding hydrogens is 432 g/mol. The highest BCUT2D eigenvalue weighted by atomic mass is 79.9. The molecular formula is C19H23BrN2O4S. The summed E-state index contributed by atoms with van der Waals surface area (Å²) in [6.45, 7) is 2.35. The number of carbonyl (C=O) groups excluding carboxylic acids is 1. The lowest BCUT2D eigenvalue weighted by Gasteiger charge is -2.31. The standard InChI is InChI=1S/C19H23BrN2O4S/c20-16-3-5-18(6-4-16)27(24,25)13-11-22-9-7-15(8-10-22)19(23)21-14-17-2-1-12-26-17/h1-6,12,15H,7-11,13-14H2,(H,21,23). The smallest absolute Gasteiger partial charge is 0.223 e. The van der Waals surface area contributed by atoms with E-state index in [2.05, 4.69) is 26.1 Å². The molecule has 1 amide bonds. The number of amides is 1. The zero-order chi connectivity index (χ0) is 19.3. The largest absolute Gasteiger partial charge is 0.467 e. The van der Waals surface area contributed by atoms with Crippen LogP contribution in [-0.4, -0.2) is 44.6 Å². The van der Waals surface area contributed by atoms with Crippen molar-refractivity contribution in [2.24, 2.45) is 5.92 Å². The van der Waals surface area contributed by atoms with Crippen LogP contribution in [0.25, 0.3) is 0 Å². The van der Waals surface area contributed by atoms with Gasteiger partial charge in [0.05, 0.1) is 23.5 Å². The molecule has 0 aliphatic carbocycles. The number of piperidine rings is 1. The molecule has 1 aromatic heterocycles. The van der Waals surface area contributed by atoms with Crippen LogP contribution in [0.5, 0.6) is 0 Å². The average Bonchev–Trinajstić information content (AvgIpc) is 3.19. The highest BCUT2D eigenvalue weighted by Crippen LogP contribution is 2.19. The van der Waals surface area contributed by atoms with Crippen molar-refractivity contribution in [2.45, 2.75) is 24.3 Å². The van der Waals surface area contributed by atoms with Crippen LogP contribution in [0.15, 0.2) is 56.4 Å². The zero-order valence-corrected chi connectivity index (χ0v) is 17.3. The Labute approximate surface area is 168 Å². The molecule has 1 saturated heterocycles. The SMILES string of the molecule is O=C(NCc1ccco1)C1CCN(CCS(=O)(=O)c2ccc(Br)cc2)CC1. The molecule has 2 heterocycles. The molecule has 1 aromatic carbocycles. The van der Waals surface area contributed by atoms with Crippen molar-refractivity contribution in [3.8, 4) is 0 Å². The summed E-state index contributed by atoms with van der Waals surface area (Å²) >= 11 is 3.31. The molecule has 1 aliphatic heterocycles. The predicted octanol–water partition coefficient (Wildman–Crippen LogP) is 2.84. The highest BCUT2D eigenvalue weighted by molar-refractivity contribution is 9.10. The fraction of sp³-hybridized carbons (Fsp3) is 0.421. The van der Waals surface area contributed by atoms with E-state index in [0.717, 1.165) is 36.2 Å². The third-order valence-electron chi connectivity index (χ3n) is 4.82. The van der Waals surface area contributed by atoms with Crippen molar-refractivity contribution in [3.05, 3.63) is 52.9 Å². The molecule has 0 radical (unpaired) electrons. The van der Waals surface area contributed by atoms with Crippen molar-refractivity contribution < 1.29 is 17.6 Å². The van der Waals surface area contributed by atoms with Gasteiger partial charge in [0.25, 0.3) is 0 Å². The molecule has 1 fully saturated rings. The first kappa shape index (κ1) is 20.1. The summed E-state index contributed by atoms with van der Waals surface area (Å²) in [5.41, 5.74) is 0. The van der Waals surface area contributed by atoms with E-state index in [1.165, 1.54) is 0 Å². The third-order valence-corrected chi connectivity index (χ3v) is 7.06. The third kappa shape index (κ3) is 5.67. The number of nitrogens with zero attached hydrogens (tertiary/aromatic N) is 1. The van der Waals surface area contributed by atoms with E-state index in [9.17, 15) is 13.2 Å². The van der Waals surface area contributed by atoms with Crippen LogP contribution in [0.4, 0.5) is 0 Å². The van der Waals surface area contributed by atoms with Gasteiger partial charge in [-0.2, -0.15) is 0 Å². The second kappa shape index (κ2) is 9.03. The topological polar surface area (TPSA) is 79.6 Å². The maximum Gasteiger partial charge on any atom is 0.223 e. The quantitative estimate of drug-likeness (QED) is 0.695. The first-order chi connectivity index (χ1) is 12.9. The molecule has 146 valence electrons. The molecule has 1 N–H and O–H groups in total. The van der Waals surface area contributed by atoms with E-state index in [-0.39, 0.29) is 17.6 Å². The first-order valence-corrected chi connectivity index (χ1v) is 11.4. The number of halogens is 1. The Kier molecular flexibility index (Phi) is 6.73. The van der Waals surface area contributed by atoms with E-state index >= 15 is 0 Å². The van der Waals surface area contributed by atoms with E-state index in [4.69, 9.17) is 4.42 Å². The molecule has 3 rings (SSSR count). The number of nitrogens with one attached hydrogen (secondary N) is 1. The molecule has 6 nitrogen and oxygen atoms in total. The fourth-order valence-electron chi connectivity index (χ4n) is 3.16. The van der Waals surface area contributed by atoms with E-state index in [1.807, 2.05) is 6.07 Å². The van der Waals surface area contributed by atoms with Gasteiger partial charge in [-0.15, -0.1) is 0 Å². The molecule has 0 unspecified atom stereocenters. The monoisotopic (exact) mass is 454 g/mol. The van der Waals surface area contributed by atoms with Gasteiger partial charge in [-0.1, -0.05) is 15.9 Å². The highest BCUT2D eigenvalue weighted by Gasteiger charge is 2.26. The predicted molar refractivity (Wildman–Crippen MR) is 106 cm³/mol. The summed E-state index contributed by atoms with van der Waals surface area (Å²) < 4.78 is 31.0. The summed E-state index contributed by atoms with van der Waals surface area (Å²) in [4.78, 5) is 14.7. The van der Waals surface area contributed by atoms with Crippen LogP contribution < -0.4 is 5.32 Å². The minimum atomic E-state index is -3.29. The molecule has 1 aliphatic rings. The summed E-state index contributed by atoms with van der Waals surface area (Å²) in [6, 6.07) is 10.3. The molecule has 0 atom stereocenters. The summed E-state index contributed by atoms with van der Waals surface area (Å²) in [6.07, 6.45) is 3.06. The minimum Gasteiger partial charge on any atom is -0.467 e. The second-order valence-electron chi connectivity index (χ2n) is 6.69. The van der Waals surface area contributed by atoms with Gasteiger partial charge in [0, 0.05) is 16.9 Å². The Hall–Kier alpha value is -1.64. The number of benzene rings is 1. The van der Waals surface area contributed by atoms with Gasteiger partial charge in [-0.05, 0) is 62.3 Å². The Bertz CT molecular complexity index is 842. The van der Waals surface area contributed by atoms with Gasteiger partial charge >= 0.3 is 0 Å². The number of hydrogen-bond acceptors (Lipinski definition) is 5. The maximum atomic E-state index is 12.4. The minimum absolute atomic E-state index is 0.0284. The lowest BCUT2D eigenvalue weighted by Crippen LogP contribution is -2.41. The Balaban J connectivity index is 1.42. The van der Waals surface area contributed by atoms with Crippen LogP contribution in [-0.2, 0) is 21.2 Å². The van der Waals surface area contributed by atoms with Gasteiger partial charge in [0.2, 0.25) is 5.91 Å². The molecule has 8 heteroatoms. The molecule has 2 aromatic rings. The van der Waals surface area contributed by atoms with Crippen molar-refractivity contribution in [2.75, 3.05) is 25.4 Å². The van der Waals surface area contributed by atoms with Gasteiger partial charge in [-0.3, -0.25) is 4.79 Å². The maximum absolute atomic E-state index is 12.4. The Morgan fingerprint density at radius 1 is 1.19 bits per heavy atom. The molecule has 0 saturated carbocycles. The Morgan fingerprint density at radius 2 is 1.89 bits per heavy atom. The number of carbonyl (C=O) groups is 1. The van der Waals surface area contributed by atoms with Crippen LogP contribution >= 0.6 is 15.9 Å². The average molecular weight is 455 g/mol. The molecule has 0 spiro atoms. The summed E-state index contributed by atoms with van der Waals surface area (Å²) in [5.74, 6) is 0.830. The van der Waals surface area contributed by atoms with Crippen molar-refractivity contribution in [1.29, 1.82) is 0 Å². The van der Waals surface area contributed by atoms with E-state index in [1.54, 1.807) is 36.6 Å². The van der Waals surface area contributed by atoms with E-state index < -0.39 is 9.84 Å². The summed E-state index contributed by atoms with van der Waals surface area (Å²) in [5, 5.41) is 2.90. The molecule has 0 bridgehead atoms. The Morgan fingerprint density at radius 3 is 2.52 bits per heavy atom. The zero-order valence-electron chi connectivity index (χ0n) is 14.9. The van der Waals surface area contributed by atoms with Crippen LogP contribution in [0.3, 0.4) is 0 Å². The first-order valence-electron chi connectivity index (χ1n) is 8.95. The fourth-order valence-corrected chi connectivity index (χ4v) is 4.71. The summed E-state index contributed by atoms with van der Waals surface area (Å²) in [7, 11) is -3.29. The second-order valence-corrected chi connectivity index (χ2v) is 9.71. The number of rotatable bonds is 7. The number of furan rings is 1. The number of sulfone groups is 1. The van der Waals surface area contributed by atoms with Gasteiger partial charge < -0.3 is 14.6 Å². The van der Waals surface area contributed by atoms with Crippen molar-refractivity contribution in [1.82, 2.24) is 10.2 Å². The van der Waals surface area contributed by atoms with E-state index in [0.29, 0.717) is 18.0 Å². The van der Waals surface area contributed by atoms with Crippen molar-refractivity contribution >= 4 is 31.7 Å². The van der Waals surface area contributed by atoms with Gasteiger partial charge in [0.15, 0.2) is 9.84 Å². The van der Waals surface area contributed by atoms with Gasteiger partial charge in [0.1, 0.15) is 5.76 Å². The number of likely N-dealkylation sites (tertiary alicyclic amines) is 1. The van der Waals surface area contributed by atoms with Crippen LogP contribution in [0.1, 0.15) is 18.6 Å². The lowest BCUT2D eigenvalue weighted by molar-refractivity contribution is -0.126. The van der Waals surface area contributed by atoms with Crippen LogP contribution in [0.2, 0.25) is 0 Å². The lowest BCUT2D eigenvalue weighted by atomic mass is 9.96. The van der Waals surface area contributed by atoms with Gasteiger partial charge in [-0.25, -0.2) is 8.42 Å².